The number of hydrogen-bond donors (Lipinski definition) is 1. The Morgan fingerprint density at radius 2 is 1.72 bits per heavy atom. The summed E-state index contributed by atoms with van der Waals surface area (Å²) in [6.45, 7) is 2.03. The van der Waals surface area contributed by atoms with Gasteiger partial charge in [0, 0.05) is 17.4 Å². The van der Waals surface area contributed by atoms with Crippen molar-refractivity contribution in [1.29, 1.82) is 0 Å². The molecular formula is C15H21N3. The molecule has 96 valence electrons. The lowest BCUT2D eigenvalue weighted by Gasteiger charge is -2.56. The van der Waals surface area contributed by atoms with Gasteiger partial charge < -0.3 is 5.32 Å². The van der Waals surface area contributed by atoms with Crippen molar-refractivity contribution in [3.05, 3.63) is 18.0 Å². The van der Waals surface area contributed by atoms with Crippen molar-refractivity contribution in [2.45, 2.75) is 51.0 Å². The first-order valence-electron chi connectivity index (χ1n) is 7.29. The predicted molar refractivity (Wildman–Crippen MR) is 71.3 cm³/mol. The van der Waals surface area contributed by atoms with Gasteiger partial charge in [-0.1, -0.05) is 0 Å². The van der Waals surface area contributed by atoms with Crippen LogP contribution in [-0.4, -0.2) is 15.5 Å². The SMILES string of the molecule is Cc1ccnc(NC23CC4CC(CC(C4)C2)C3)n1. The Morgan fingerprint density at radius 1 is 1.11 bits per heavy atom. The molecule has 3 nitrogen and oxygen atoms in total. The van der Waals surface area contributed by atoms with Gasteiger partial charge in [-0.2, -0.15) is 0 Å². The van der Waals surface area contributed by atoms with Crippen LogP contribution in [0.4, 0.5) is 5.95 Å². The molecule has 0 amide bonds. The van der Waals surface area contributed by atoms with Gasteiger partial charge in [0.25, 0.3) is 0 Å². The van der Waals surface area contributed by atoms with Crippen LogP contribution in [0.1, 0.15) is 44.2 Å². The second kappa shape index (κ2) is 3.69. The van der Waals surface area contributed by atoms with Gasteiger partial charge in [0.1, 0.15) is 0 Å². The average molecular weight is 243 g/mol. The number of nitrogens with zero attached hydrogens (tertiary/aromatic N) is 2. The van der Waals surface area contributed by atoms with Gasteiger partial charge >= 0.3 is 0 Å². The maximum atomic E-state index is 4.53. The zero-order chi connectivity index (χ0) is 12.2. The van der Waals surface area contributed by atoms with E-state index in [4.69, 9.17) is 0 Å². The first-order chi connectivity index (χ1) is 8.71. The fourth-order valence-corrected chi connectivity index (χ4v) is 5.01. The van der Waals surface area contributed by atoms with Crippen LogP contribution in [-0.2, 0) is 0 Å². The van der Waals surface area contributed by atoms with Crippen LogP contribution in [0.5, 0.6) is 0 Å². The van der Waals surface area contributed by atoms with E-state index < -0.39 is 0 Å². The largest absolute Gasteiger partial charge is 0.349 e. The van der Waals surface area contributed by atoms with E-state index in [9.17, 15) is 0 Å². The number of aryl methyl sites for hydroxylation is 1. The molecule has 1 aromatic heterocycles. The summed E-state index contributed by atoms with van der Waals surface area (Å²) < 4.78 is 0. The van der Waals surface area contributed by atoms with Crippen molar-refractivity contribution < 1.29 is 0 Å². The van der Waals surface area contributed by atoms with Crippen molar-refractivity contribution in [3.63, 3.8) is 0 Å². The third-order valence-corrected chi connectivity index (χ3v) is 5.21. The molecule has 4 fully saturated rings. The Kier molecular flexibility index (Phi) is 2.21. The van der Waals surface area contributed by atoms with E-state index in [1.807, 2.05) is 19.2 Å². The Bertz CT molecular complexity index is 433. The molecule has 1 N–H and O–H groups in total. The molecule has 0 aromatic carbocycles. The molecule has 0 aliphatic heterocycles. The highest BCUT2D eigenvalue weighted by Gasteiger charge is 2.51. The zero-order valence-corrected chi connectivity index (χ0v) is 11.0. The Labute approximate surface area is 108 Å². The summed E-state index contributed by atoms with van der Waals surface area (Å²) in [5.41, 5.74) is 1.37. The van der Waals surface area contributed by atoms with Crippen molar-refractivity contribution in [2.75, 3.05) is 5.32 Å². The summed E-state index contributed by atoms with van der Waals surface area (Å²) >= 11 is 0. The number of aromatic nitrogens is 2. The first kappa shape index (κ1) is 10.8. The summed E-state index contributed by atoms with van der Waals surface area (Å²) in [5.74, 6) is 3.74. The molecule has 1 heterocycles. The van der Waals surface area contributed by atoms with Gasteiger partial charge in [-0.25, -0.2) is 9.97 Å². The van der Waals surface area contributed by atoms with E-state index in [-0.39, 0.29) is 0 Å². The van der Waals surface area contributed by atoms with Gasteiger partial charge in [0.2, 0.25) is 5.95 Å². The van der Waals surface area contributed by atoms with E-state index in [0.717, 1.165) is 29.4 Å². The van der Waals surface area contributed by atoms with Crippen molar-refractivity contribution in [2.24, 2.45) is 17.8 Å². The predicted octanol–water partition coefficient (Wildman–Crippen LogP) is 3.17. The van der Waals surface area contributed by atoms with Gasteiger partial charge in [-0.3, -0.25) is 0 Å². The van der Waals surface area contributed by atoms with Crippen LogP contribution in [0.2, 0.25) is 0 Å². The number of nitrogens with one attached hydrogen (secondary N) is 1. The minimum Gasteiger partial charge on any atom is -0.349 e. The van der Waals surface area contributed by atoms with Gasteiger partial charge in [-0.05, 0) is 69.3 Å². The zero-order valence-electron chi connectivity index (χ0n) is 11.0. The van der Waals surface area contributed by atoms with Crippen molar-refractivity contribution >= 4 is 5.95 Å². The highest BCUT2D eigenvalue weighted by Crippen LogP contribution is 2.56. The Hall–Kier alpha value is -1.12. The van der Waals surface area contributed by atoms with Crippen LogP contribution in [0.3, 0.4) is 0 Å². The quantitative estimate of drug-likeness (QED) is 0.867. The molecule has 0 radical (unpaired) electrons. The molecule has 4 aliphatic carbocycles. The third kappa shape index (κ3) is 1.72. The normalized spacial score (nSPS) is 41.1. The lowest BCUT2D eigenvalue weighted by Crippen LogP contribution is -2.55. The highest BCUT2D eigenvalue weighted by molar-refractivity contribution is 5.32. The summed E-state index contributed by atoms with van der Waals surface area (Å²) in [7, 11) is 0. The summed E-state index contributed by atoms with van der Waals surface area (Å²) in [6.07, 6.45) is 10.3. The molecule has 0 unspecified atom stereocenters. The maximum Gasteiger partial charge on any atom is 0.223 e. The lowest BCUT2D eigenvalue weighted by atomic mass is 9.53. The highest BCUT2D eigenvalue weighted by atomic mass is 15.1. The van der Waals surface area contributed by atoms with Crippen LogP contribution in [0.25, 0.3) is 0 Å². The molecule has 4 aliphatic rings. The first-order valence-corrected chi connectivity index (χ1v) is 7.29. The lowest BCUT2D eigenvalue weighted by molar-refractivity contribution is 0.0103. The van der Waals surface area contributed by atoms with Crippen LogP contribution < -0.4 is 5.32 Å². The smallest absolute Gasteiger partial charge is 0.223 e. The fraction of sp³-hybridized carbons (Fsp3) is 0.733. The maximum absolute atomic E-state index is 4.53. The Morgan fingerprint density at radius 3 is 2.28 bits per heavy atom. The second-order valence-corrected chi connectivity index (χ2v) is 6.84. The van der Waals surface area contributed by atoms with E-state index in [2.05, 4.69) is 15.3 Å². The van der Waals surface area contributed by atoms with E-state index in [1.54, 1.807) is 0 Å². The van der Waals surface area contributed by atoms with Crippen LogP contribution >= 0.6 is 0 Å². The standard InChI is InChI=1S/C15H21N3/c1-10-2-3-16-14(17-10)18-15-7-11-4-12(8-15)6-13(5-11)9-15/h2-3,11-13H,4-9H2,1H3,(H,16,17,18). The summed E-state index contributed by atoms with van der Waals surface area (Å²) in [5, 5.41) is 3.71. The number of hydrogen-bond acceptors (Lipinski definition) is 3. The average Bonchev–Trinajstić information content (AvgIpc) is 2.25. The van der Waals surface area contributed by atoms with Gasteiger partial charge in [0.05, 0.1) is 0 Å². The van der Waals surface area contributed by atoms with E-state index in [1.165, 1.54) is 38.5 Å². The summed E-state index contributed by atoms with van der Waals surface area (Å²) in [4.78, 5) is 8.92. The Balaban J connectivity index is 1.60. The molecule has 1 aromatic rings. The molecule has 5 rings (SSSR count). The molecule has 0 saturated heterocycles. The molecule has 18 heavy (non-hydrogen) atoms. The molecule has 4 bridgehead atoms. The monoisotopic (exact) mass is 243 g/mol. The van der Waals surface area contributed by atoms with E-state index >= 15 is 0 Å². The number of anilines is 1. The molecule has 0 spiro atoms. The minimum atomic E-state index is 0.322. The fourth-order valence-electron chi connectivity index (χ4n) is 5.01. The number of rotatable bonds is 2. The third-order valence-electron chi connectivity index (χ3n) is 5.21. The minimum absolute atomic E-state index is 0.322. The molecular weight excluding hydrogens is 222 g/mol. The summed E-state index contributed by atoms with van der Waals surface area (Å²) in [6, 6.07) is 1.96. The van der Waals surface area contributed by atoms with Gasteiger partial charge in [-0.15, -0.1) is 0 Å². The van der Waals surface area contributed by atoms with Crippen LogP contribution in [0.15, 0.2) is 12.3 Å². The van der Waals surface area contributed by atoms with Crippen molar-refractivity contribution in [1.82, 2.24) is 9.97 Å². The van der Waals surface area contributed by atoms with Gasteiger partial charge in [0.15, 0.2) is 0 Å². The van der Waals surface area contributed by atoms with Crippen molar-refractivity contribution in [3.8, 4) is 0 Å². The van der Waals surface area contributed by atoms with Crippen LogP contribution in [0, 0.1) is 24.7 Å². The second-order valence-electron chi connectivity index (χ2n) is 6.84. The molecule has 0 atom stereocenters. The molecule has 3 heteroatoms. The molecule has 4 saturated carbocycles. The van der Waals surface area contributed by atoms with E-state index in [0.29, 0.717) is 5.54 Å². The topological polar surface area (TPSA) is 37.8 Å².